The molecule has 11 atom stereocenters. The predicted octanol–water partition coefficient (Wildman–Crippen LogP) is 7.33. The quantitative estimate of drug-likeness (QED) is 0.315. The van der Waals surface area contributed by atoms with Crippen molar-refractivity contribution in [1.82, 2.24) is 0 Å². The van der Waals surface area contributed by atoms with Gasteiger partial charge in [0, 0.05) is 7.11 Å². The smallest absolute Gasteiger partial charge is 0.381 e. The summed E-state index contributed by atoms with van der Waals surface area (Å²) in [6, 6.07) is 0. The van der Waals surface area contributed by atoms with Gasteiger partial charge in [-0.05, 0) is 124 Å². The minimum absolute atomic E-state index is 0.193. The third-order valence-corrected chi connectivity index (χ3v) is 11.4. The summed E-state index contributed by atoms with van der Waals surface area (Å²) in [5.74, 6) is 3.79. The minimum atomic E-state index is -4.55. The monoisotopic (exact) mass is 502 g/mol. The van der Waals surface area contributed by atoms with Crippen molar-refractivity contribution < 1.29 is 23.0 Å². The molecule has 0 amide bonds. The maximum atomic E-state index is 13.2. The van der Waals surface area contributed by atoms with Gasteiger partial charge in [0.05, 0.1) is 13.7 Å². The molecular formula is C27H47BF3O2P. The average molecular weight is 502 g/mol. The summed E-state index contributed by atoms with van der Waals surface area (Å²) in [4.78, 5) is 0. The summed E-state index contributed by atoms with van der Waals surface area (Å²) in [5.41, 5.74) is -1.89. The van der Waals surface area contributed by atoms with E-state index in [9.17, 15) is 18.3 Å². The maximum absolute atomic E-state index is 13.2. The Bertz CT molecular complexity index is 689. The highest BCUT2D eigenvalue weighted by atomic mass is 31.0. The van der Waals surface area contributed by atoms with E-state index in [1.807, 2.05) is 16.2 Å². The minimum Gasteiger partial charge on any atom is -0.381 e. The van der Waals surface area contributed by atoms with Crippen LogP contribution in [0.25, 0.3) is 0 Å². The molecule has 0 aliphatic heterocycles. The Kier molecular flexibility index (Phi) is 8.91. The molecular weight excluding hydrogens is 455 g/mol. The van der Waals surface area contributed by atoms with Crippen molar-refractivity contribution in [3.63, 3.8) is 0 Å². The zero-order chi connectivity index (χ0) is 25.5. The molecule has 0 bridgehead atoms. The number of rotatable bonds is 5. The molecule has 0 spiro atoms. The van der Waals surface area contributed by atoms with Gasteiger partial charge in [-0.25, -0.2) is 0 Å². The van der Waals surface area contributed by atoms with E-state index in [1.165, 1.54) is 51.4 Å². The number of alkyl halides is 3. The zero-order valence-electron chi connectivity index (χ0n) is 22.0. The lowest BCUT2D eigenvalue weighted by atomic mass is 9.44. The molecule has 34 heavy (non-hydrogen) atoms. The molecule has 196 valence electrons. The third kappa shape index (κ3) is 5.00. The molecule has 2 radical (unpaired) electrons. The Balaban J connectivity index is 0.00000158. The van der Waals surface area contributed by atoms with Crippen LogP contribution in [0.5, 0.6) is 0 Å². The van der Waals surface area contributed by atoms with E-state index in [4.69, 9.17) is 4.74 Å². The Hall–Kier alpha value is 0.205. The highest BCUT2D eigenvalue weighted by molar-refractivity contribution is 7.49. The molecule has 0 aromatic carbocycles. The highest BCUT2D eigenvalue weighted by Crippen LogP contribution is 2.68. The normalized spacial score (nSPS) is 44.5. The van der Waals surface area contributed by atoms with E-state index >= 15 is 0 Å². The fourth-order valence-electron chi connectivity index (χ4n) is 9.26. The molecule has 4 aliphatic rings. The largest absolute Gasteiger partial charge is 0.416 e. The van der Waals surface area contributed by atoms with Gasteiger partial charge < -0.3 is 9.84 Å². The summed E-state index contributed by atoms with van der Waals surface area (Å²) in [5, 5.41) is 9.93. The van der Waals surface area contributed by atoms with Crippen LogP contribution >= 0.6 is 9.12 Å². The molecule has 7 heteroatoms. The van der Waals surface area contributed by atoms with Gasteiger partial charge in [-0.3, -0.25) is 0 Å². The molecule has 4 aliphatic carbocycles. The maximum Gasteiger partial charge on any atom is 0.416 e. The second-order valence-electron chi connectivity index (χ2n) is 12.8. The van der Waals surface area contributed by atoms with Crippen LogP contribution in [0.4, 0.5) is 13.2 Å². The van der Waals surface area contributed by atoms with Crippen molar-refractivity contribution in [2.24, 2.45) is 46.3 Å². The summed E-state index contributed by atoms with van der Waals surface area (Å²) in [7, 11) is 8.19. The van der Waals surface area contributed by atoms with Gasteiger partial charge in [-0.2, -0.15) is 22.3 Å². The molecule has 0 heterocycles. The number of halogens is 3. The van der Waals surface area contributed by atoms with Gasteiger partial charge in [-0.1, -0.05) is 20.8 Å². The molecule has 0 aromatic heterocycles. The number of hydrogen-bond acceptors (Lipinski definition) is 2. The van der Waals surface area contributed by atoms with Crippen LogP contribution in [0.3, 0.4) is 0 Å². The Morgan fingerprint density at radius 2 is 1.62 bits per heavy atom. The van der Waals surface area contributed by atoms with Crippen LogP contribution in [0, 0.1) is 46.3 Å². The van der Waals surface area contributed by atoms with Crippen molar-refractivity contribution in [2.75, 3.05) is 7.11 Å². The first-order chi connectivity index (χ1) is 15.8. The van der Waals surface area contributed by atoms with E-state index in [-0.39, 0.29) is 17.8 Å². The van der Waals surface area contributed by atoms with Crippen molar-refractivity contribution in [3.8, 4) is 0 Å². The fraction of sp³-hybridized carbons (Fsp3) is 1.00. The fourth-order valence-corrected chi connectivity index (χ4v) is 9.26. The van der Waals surface area contributed by atoms with Crippen LogP contribution in [0.15, 0.2) is 0 Å². The van der Waals surface area contributed by atoms with Crippen LogP contribution in [0.2, 0.25) is 0 Å². The van der Waals surface area contributed by atoms with E-state index in [0.29, 0.717) is 23.9 Å². The lowest BCUT2D eigenvalue weighted by Gasteiger charge is -2.61. The van der Waals surface area contributed by atoms with E-state index in [2.05, 4.69) is 28.3 Å². The first-order valence-corrected chi connectivity index (χ1v) is 14.2. The zero-order valence-corrected chi connectivity index (χ0v) is 23.1. The number of hydrogen-bond donors (Lipinski definition) is 1. The Labute approximate surface area is 209 Å². The third-order valence-electron chi connectivity index (χ3n) is 11.4. The van der Waals surface area contributed by atoms with Gasteiger partial charge in [0.15, 0.2) is 5.60 Å². The topological polar surface area (TPSA) is 29.5 Å². The molecule has 4 saturated carbocycles. The summed E-state index contributed by atoms with van der Waals surface area (Å²) >= 11 is 0. The Morgan fingerprint density at radius 1 is 1.00 bits per heavy atom. The molecule has 4 rings (SSSR count). The number of fused-ring (bicyclic) bond motifs is 5. The van der Waals surface area contributed by atoms with Crippen molar-refractivity contribution >= 4 is 16.7 Å². The second kappa shape index (κ2) is 10.5. The number of methoxy groups -OCH3 is 1. The van der Waals surface area contributed by atoms with Crippen molar-refractivity contribution in [1.29, 1.82) is 0 Å². The first-order valence-electron chi connectivity index (χ1n) is 13.5. The van der Waals surface area contributed by atoms with Gasteiger partial charge in [0.1, 0.15) is 0 Å². The van der Waals surface area contributed by atoms with Crippen molar-refractivity contribution in [2.45, 2.75) is 116 Å². The number of aliphatic hydroxyl groups is 1. The van der Waals surface area contributed by atoms with Crippen LogP contribution in [-0.4, -0.2) is 37.7 Å². The van der Waals surface area contributed by atoms with Gasteiger partial charge in [-0.15, -0.1) is 0 Å². The lowest BCUT2D eigenvalue weighted by Crippen LogP contribution is -2.54. The summed E-state index contributed by atoms with van der Waals surface area (Å²) in [6.45, 7) is 8.10. The lowest BCUT2D eigenvalue weighted by molar-refractivity contribution is -0.256. The predicted molar refractivity (Wildman–Crippen MR) is 137 cm³/mol. The average Bonchev–Trinajstić information content (AvgIpc) is 3.15. The number of ether oxygens (including phenoxy) is 1. The SMILES string of the molecule is COC1CCC2(C)C(CCC3C2CCC2(C)C3CC[C@@H]2[C@H](C)CC[C@@](C)(O)C(F)(F)F)C1.[B]P. The molecule has 0 aromatic rings. The molecule has 0 saturated heterocycles. The van der Waals surface area contributed by atoms with Gasteiger partial charge >= 0.3 is 6.18 Å². The first kappa shape index (κ1) is 28.8. The van der Waals surface area contributed by atoms with E-state index in [0.717, 1.165) is 37.0 Å². The van der Waals surface area contributed by atoms with E-state index < -0.39 is 11.8 Å². The van der Waals surface area contributed by atoms with Crippen LogP contribution in [-0.2, 0) is 4.74 Å². The highest BCUT2D eigenvalue weighted by Gasteiger charge is 2.61. The van der Waals surface area contributed by atoms with Gasteiger partial charge in [0.2, 0.25) is 0 Å². The van der Waals surface area contributed by atoms with Crippen LogP contribution in [0.1, 0.15) is 98.3 Å². The standard InChI is InChI=1S/C27H45F3O2.BH2P/c1-17(10-15-26(4,31)27(28,29)30)21-8-9-22-20-7-6-18-16-19(32-5)11-13-24(18,2)23(20)12-14-25(21,22)3;1-2/h17-23,31H,6-16H2,1-5H3;2H2/t17-,18?,19?,20?,21-,22?,23?,24?,25?,26-;/m1./s1. The molecule has 8 unspecified atom stereocenters. The molecule has 2 nitrogen and oxygen atoms in total. The van der Waals surface area contributed by atoms with E-state index in [1.54, 1.807) is 0 Å². The van der Waals surface area contributed by atoms with Gasteiger partial charge in [0.25, 0.3) is 0 Å². The molecule has 1 N–H and O–H groups in total. The van der Waals surface area contributed by atoms with Crippen LogP contribution < -0.4 is 0 Å². The summed E-state index contributed by atoms with van der Waals surface area (Å²) in [6.07, 6.45) is 7.36. The summed E-state index contributed by atoms with van der Waals surface area (Å²) < 4.78 is 45.2. The Morgan fingerprint density at radius 3 is 2.24 bits per heavy atom. The second-order valence-corrected chi connectivity index (χ2v) is 12.8. The van der Waals surface area contributed by atoms with Crippen molar-refractivity contribution in [3.05, 3.63) is 0 Å². The molecule has 4 fully saturated rings.